The lowest BCUT2D eigenvalue weighted by Gasteiger charge is -2.12. The minimum atomic E-state index is -0.554. The number of nitrogens with one attached hydrogen (secondary N) is 2. The van der Waals surface area contributed by atoms with E-state index in [0.29, 0.717) is 22.0 Å². The number of benzene rings is 1. The van der Waals surface area contributed by atoms with Crippen LogP contribution in [0.3, 0.4) is 0 Å². The van der Waals surface area contributed by atoms with Crippen LogP contribution in [0.15, 0.2) is 18.2 Å². The average molecular weight is 311 g/mol. The lowest BCUT2D eigenvalue weighted by atomic mass is 10.1. The van der Waals surface area contributed by atoms with Crippen LogP contribution in [0, 0.1) is 11.8 Å². The minimum absolute atomic E-state index is 0.207. The van der Waals surface area contributed by atoms with Crippen molar-refractivity contribution in [2.24, 2.45) is 0 Å². The van der Waals surface area contributed by atoms with Gasteiger partial charge >= 0.3 is 0 Å². The standard InChI is InChI=1S/C13H11ClN2O3S/c14-9-3-4-10(8(6-9)2-1-5-17)15-12(18)11-7-20-13(19)16-11/h3-4,6,11,17H,5,7H2,(H,15,18)(H,16,19). The van der Waals surface area contributed by atoms with Crippen molar-refractivity contribution in [2.75, 3.05) is 17.7 Å². The van der Waals surface area contributed by atoms with Crippen LogP contribution in [-0.4, -0.2) is 34.7 Å². The van der Waals surface area contributed by atoms with Gasteiger partial charge in [0.25, 0.3) is 5.24 Å². The number of rotatable bonds is 2. The average Bonchev–Trinajstić information content (AvgIpc) is 2.85. The Morgan fingerprint density at radius 1 is 1.60 bits per heavy atom. The van der Waals surface area contributed by atoms with Gasteiger partial charge in [0.15, 0.2) is 0 Å². The van der Waals surface area contributed by atoms with Crippen molar-refractivity contribution in [1.82, 2.24) is 5.32 Å². The second-order valence-electron chi connectivity index (χ2n) is 3.93. The molecule has 1 unspecified atom stereocenters. The zero-order valence-electron chi connectivity index (χ0n) is 10.3. The molecule has 7 heteroatoms. The van der Waals surface area contributed by atoms with Crippen molar-refractivity contribution in [2.45, 2.75) is 6.04 Å². The molecule has 1 aromatic rings. The summed E-state index contributed by atoms with van der Waals surface area (Å²) >= 11 is 6.95. The zero-order valence-corrected chi connectivity index (χ0v) is 11.8. The number of carbonyl (C=O) groups excluding carboxylic acids is 2. The number of thioether (sulfide) groups is 1. The number of halogens is 1. The van der Waals surface area contributed by atoms with Crippen LogP contribution in [0.1, 0.15) is 5.56 Å². The van der Waals surface area contributed by atoms with E-state index in [9.17, 15) is 9.59 Å². The van der Waals surface area contributed by atoms with Gasteiger partial charge in [-0.25, -0.2) is 0 Å². The number of anilines is 1. The van der Waals surface area contributed by atoms with Crippen LogP contribution in [0.4, 0.5) is 10.5 Å². The summed E-state index contributed by atoms with van der Waals surface area (Å²) in [7, 11) is 0. The number of aliphatic hydroxyl groups is 1. The van der Waals surface area contributed by atoms with Crippen LogP contribution in [0.25, 0.3) is 0 Å². The van der Waals surface area contributed by atoms with E-state index in [2.05, 4.69) is 22.5 Å². The first-order valence-electron chi connectivity index (χ1n) is 5.73. The van der Waals surface area contributed by atoms with Gasteiger partial charge < -0.3 is 15.7 Å². The Morgan fingerprint density at radius 2 is 2.40 bits per heavy atom. The molecule has 5 nitrogen and oxygen atoms in total. The maximum absolute atomic E-state index is 12.0. The summed E-state index contributed by atoms with van der Waals surface area (Å²) in [6.45, 7) is -0.283. The number of aliphatic hydroxyl groups excluding tert-OH is 1. The van der Waals surface area contributed by atoms with E-state index in [0.717, 1.165) is 11.8 Å². The van der Waals surface area contributed by atoms with Crippen LogP contribution in [0.2, 0.25) is 5.02 Å². The molecule has 1 heterocycles. The van der Waals surface area contributed by atoms with E-state index in [-0.39, 0.29) is 17.8 Å². The third-order valence-electron chi connectivity index (χ3n) is 2.53. The van der Waals surface area contributed by atoms with Gasteiger partial charge in [-0.05, 0) is 18.2 Å². The molecule has 0 bridgehead atoms. The molecule has 3 N–H and O–H groups in total. The number of hydrogen-bond donors (Lipinski definition) is 3. The largest absolute Gasteiger partial charge is 0.384 e. The molecule has 0 aromatic heterocycles. The van der Waals surface area contributed by atoms with Crippen molar-refractivity contribution in [3.05, 3.63) is 28.8 Å². The van der Waals surface area contributed by atoms with E-state index in [1.807, 2.05) is 0 Å². The molecule has 1 fully saturated rings. The predicted molar refractivity (Wildman–Crippen MR) is 78.8 cm³/mol. The third-order valence-corrected chi connectivity index (χ3v) is 3.65. The molecule has 0 radical (unpaired) electrons. The summed E-state index contributed by atoms with van der Waals surface area (Å²) in [4.78, 5) is 23.1. The summed E-state index contributed by atoms with van der Waals surface area (Å²) in [6.07, 6.45) is 0. The smallest absolute Gasteiger partial charge is 0.279 e. The summed E-state index contributed by atoms with van der Waals surface area (Å²) in [5.41, 5.74) is 1.00. The van der Waals surface area contributed by atoms with Gasteiger partial charge in [-0.3, -0.25) is 9.59 Å². The molecule has 1 saturated heterocycles. The van der Waals surface area contributed by atoms with Gasteiger partial charge in [0.2, 0.25) is 5.91 Å². The van der Waals surface area contributed by atoms with Gasteiger partial charge in [-0.15, -0.1) is 0 Å². The third kappa shape index (κ3) is 3.67. The number of amides is 2. The first-order valence-corrected chi connectivity index (χ1v) is 7.10. The highest BCUT2D eigenvalue weighted by Gasteiger charge is 2.28. The predicted octanol–water partition coefficient (Wildman–Crippen LogP) is 1.45. The fraction of sp³-hybridized carbons (Fsp3) is 0.231. The Morgan fingerprint density at radius 3 is 3.05 bits per heavy atom. The molecule has 0 saturated carbocycles. The minimum Gasteiger partial charge on any atom is -0.384 e. The van der Waals surface area contributed by atoms with Gasteiger partial charge in [-0.1, -0.05) is 35.2 Å². The van der Waals surface area contributed by atoms with Crippen LogP contribution in [0.5, 0.6) is 0 Å². The summed E-state index contributed by atoms with van der Waals surface area (Å²) in [6, 6.07) is 4.30. The van der Waals surface area contributed by atoms with Crippen molar-refractivity contribution in [3.8, 4) is 11.8 Å². The molecule has 2 rings (SSSR count). The lowest BCUT2D eigenvalue weighted by Crippen LogP contribution is -2.38. The van der Waals surface area contributed by atoms with Gasteiger partial charge in [0.1, 0.15) is 12.6 Å². The first kappa shape index (κ1) is 14.7. The Balaban J connectivity index is 2.16. The number of carbonyl (C=O) groups is 2. The fourth-order valence-corrected chi connectivity index (χ4v) is 2.56. The normalized spacial score (nSPS) is 17.1. The maximum atomic E-state index is 12.0. The Kier molecular flexibility index (Phi) is 4.90. The molecular formula is C13H11ClN2O3S. The van der Waals surface area contributed by atoms with Gasteiger partial charge in [0.05, 0.1) is 5.69 Å². The molecule has 1 aliphatic rings. The second kappa shape index (κ2) is 6.66. The molecule has 2 amide bonds. The quantitative estimate of drug-likeness (QED) is 0.722. The SMILES string of the molecule is O=C1NC(C(=O)Nc2ccc(Cl)cc2C#CCO)CS1. The highest BCUT2D eigenvalue weighted by Crippen LogP contribution is 2.21. The fourth-order valence-electron chi connectivity index (χ4n) is 1.61. The highest BCUT2D eigenvalue weighted by molar-refractivity contribution is 8.14. The van der Waals surface area contributed by atoms with E-state index in [4.69, 9.17) is 16.7 Å². The van der Waals surface area contributed by atoms with Crippen LogP contribution in [-0.2, 0) is 4.79 Å². The van der Waals surface area contributed by atoms with E-state index < -0.39 is 6.04 Å². The number of hydrogen-bond acceptors (Lipinski definition) is 4. The molecule has 20 heavy (non-hydrogen) atoms. The van der Waals surface area contributed by atoms with E-state index >= 15 is 0 Å². The molecule has 0 aliphatic carbocycles. The van der Waals surface area contributed by atoms with Crippen molar-refractivity contribution in [1.29, 1.82) is 0 Å². The van der Waals surface area contributed by atoms with Crippen molar-refractivity contribution < 1.29 is 14.7 Å². The Bertz CT molecular complexity index is 609. The van der Waals surface area contributed by atoms with E-state index in [1.54, 1.807) is 18.2 Å². The molecular weight excluding hydrogens is 300 g/mol. The second-order valence-corrected chi connectivity index (χ2v) is 5.36. The highest BCUT2D eigenvalue weighted by atomic mass is 35.5. The molecule has 104 valence electrons. The van der Waals surface area contributed by atoms with Crippen molar-refractivity contribution in [3.63, 3.8) is 0 Å². The van der Waals surface area contributed by atoms with Crippen molar-refractivity contribution >= 4 is 40.2 Å². The van der Waals surface area contributed by atoms with Crippen LogP contribution < -0.4 is 10.6 Å². The summed E-state index contributed by atoms with van der Waals surface area (Å²) < 4.78 is 0. The molecule has 0 spiro atoms. The van der Waals surface area contributed by atoms with E-state index in [1.165, 1.54) is 0 Å². The summed E-state index contributed by atoms with van der Waals surface area (Å²) in [5.74, 6) is 5.31. The maximum Gasteiger partial charge on any atom is 0.279 e. The lowest BCUT2D eigenvalue weighted by molar-refractivity contribution is -0.117. The van der Waals surface area contributed by atoms with Crippen LogP contribution >= 0.6 is 23.4 Å². The van der Waals surface area contributed by atoms with Gasteiger partial charge in [-0.2, -0.15) is 0 Å². The molecule has 1 atom stereocenters. The van der Waals surface area contributed by atoms with Gasteiger partial charge in [0, 0.05) is 16.3 Å². The molecule has 1 aromatic carbocycles. The summed E-state index contributed by atoms with van der Waals surface area (Å²) in [5, 5.41) is 14.3. The zero-order chi connectivity index (χ0) is 14.5. The topological polar surface area (TPSA) is 78.4 Å². The first-order chi connectivity index (χ1) is 9.60. The monoisotopic (exact) mass is 310 g/mol. The Hall–Kier alpha value is -1.68. The Labute approximate surface area is 125 Å². The molecule has 1 aliphatic heterocycles.